The van der Waals surface area contributed by atoms with Crippen LogP contribution in [0.3, 0.4) is 0 Å². The third kappa shape index (κ3) is 68.8. The van der Waals surface area contributed by atoms with Gasteiger partial charge in [0.25, 0.3) is 0 Å². The van der Waals surface area contributed by atoms with E-state index in [2.05, 4.69) is 116 Å². The lowest BCUT2D eigenvalue weighted by atomic mass is 10.0. The van der Waals surface area contributed by atoms with Crippen molar-refractivity contribution in [1.29, 1.82) is 0 Å². The first-order valence-electron chi connectivity index (χ1n) is 36.1. The van der Waals surface area contributed by atoms with Gasteiger partial charge < -0.3 is 19.8 Å². The van der Waals surface area contributed by atoms with Crippen LogP contribution >= 0.6 is 7.82 Å². The zero-order valence-electron chi connectivity index (χ0n) is 56.6. The van der Waals surface area contributed by atoms with Crippen molar-refractivity contribution in [3.05, 3.63) is 97.2 Å². The molecule has 494 valence electrons. The Morgan fingerprint density at radius 1 is 0.412 bits per heavy atom. The maximum absolute atomic E-state index is 13.1. The quantitative estimate of drug-likeness (QED) is 0.0243. The van der Waals surface area contributed by atoms with E-state index in [-0.39, 0.29) is 19.1 Å². The highest BCUT2D eigenvalue weighted by Gasteiger charge is 2.28. The molecule has 0 aromatic carbocycles. The van der Waals surface area contributed by atoms with Crippen LogP contribution in [0.1, 0.15) is 328 Å². The number of nitrogens with one attached hydrogen (secondary N) is 1. The largest absolute Gasteiger partial charge is 0.472 e. The molecule has 0 saturated carbocycles. The Morgan fingerprint density at radius 3 is 1.04 bits per heavy atom. The number of unbranched alkanes of at least 4 members (excludes halogenated alkanes) is 37. The molecular weight excluding hydrogens is 1070 g/mol. The number of rotatable bonds is 66. The van der Waals surface area contributed by atoms with Gasteiger partial charge >= 0.3 is 7.82 Å². The number of amides is 1. The van der Waals surface area contributed by atoms with Gasteiger partial charge in [0.1, 0.15) is 13.2 Å². The Kier molecular flexibility index (Phi) is 63.9. The van der Waals surface area contributed by atoms with Crippen LogP contribution in [-0.2, 0) is 18.4 Å². The number of likely N-dealkylation sites (N-methyl/N-ethyl adjacent to an activating group) is 1. The minimum absolute atomic E-state index is 0.0691. The molecule has 1 amide bonds. The van der Waals surface area contributed by atoms with Crippen LogP contribution in [0.2, 0.25) is 0 Å². The molecule has 0 aliphatic rings. The molecule has 0 aromatic rings. The molecule has 0 fully saturated rings. The van der Waals surface area contributed by atoms with Crippen molar-refractivity contribution in [2.75, 3.05) is 40.9 Å². The van der Waals surface area contributed by atoms with E-state index >= 15 is 0 Å². The van der Waals surface area contributed by atoms with Crippen molar-refractivity contribution >= 4 is 13.7 Å². The first kappa shape index (κ1) is 82.4. The molecule has 0 aromatic heterocycles. The molecule has 0 aliphatic carbocycles. The van der Waals surface area contributed by atoms with Gasteiger partial charge in [-0.15, -0.1) is 0 Å². The molecule has 0 bridgehead atoms. The maximum atomic E-state index is 13.1. The van der Waals surface area contributed by atoms with Crippen molar-refractivity contribution < 1.29 is 32.9 Å². The maximum Gasteiger partial charge on any atom is 0.472 e. The number of hydrogen-bond acceptors (Lipinski definition) is 5. The van der Waals surface area contributed by atoms with E-state index in [9.17, 15) is 19.4 Å². The van der Waals surface area contributed by atoms with E-state index in [0.29, 0.717) is 23.9 Å². The summed E-state index contributed by atoms with van der Waals surface area (Å²) < 4.78 is 23.9. The predicted molar refractivity (Wildman–Crippen MR) is 373 cm³/mol. The predicted octanol–water partition coefficient (Wildman–Crippen LogP) is 23.3. The minimum atomic E-state index is -4.34. The summed E-state index contributed by atoms with van der Waals surface area (Å²) in [6.45, 7) is 4.80. The normalized spacial score (nSPS) is 14.2. The number of phosphoric ester groups is 1. The Bertz CT molecular complexity index is 1710. The Morgan fingerprint density at radius 2 is 0.706 bits per heavy atom. The minimum Gasteiger partial charge on any atom is -0.391 e. The first-order valence-corrected chi connectivity index (χ1v) is 37.6. The van der Waals surface area contributed by atoms with Crippen LogP contribution in [0.15, 0.2) is 97.2 Å². The van der Waals surface area contributed by atoms with E-state index in [4.69, 9.17) is 9.05 Å². The summed E-state index contributed by atoms with van der Waals surface area (Å²) >= 11 is 0. The molecule has 3 atom stereocenters. The average molecular weight is 1210 g/mol. The molecule has 3 unspecified atom stereocenters. The van der Waals surface area contributed by atoms with Crippen molar-refractivity contribution in [1.82, 2.24) is 5.32 Å². The van der Waals surface area contributed by atoms with Gasteiger partial charge in [-0.1, -0.05) is 342 Å². The zero-order chi connectivity index (χ0) is 61.9. The fraction of sp³-hybridized carbons (Fsp3) is 0.776. The van der Waals surface area contributed by atoms with E-state index in [1.165, 1.54) is 205 Å². The van der Waals surface area contributed by atoms with Gasteiger partial charge in [-0.25, -0.2) is 4.57 Å². The van der Waals surface area contributed by atoms with Crippen molar-refractivity contribution in [2.45, 2.75) is 341 Å². The first-order chi connectivity index (χ1) is 41.5. The van der Waals surface area contributed by atoms with Gasteiger partial charge in [-0.05, 0) is 77.0 Å². The fourth-order valence-corrected chi connectivity index (χ4v) is 11.3. The molecule has 8 nitrogen and oxygen atoms in total. The number of hydrogen-bond donors (Lipinski definition) is 3. The molecule has 0 heterocycles. The lowest BCUT2D eigenvalue weighted by Crippen LogP contribution is -2.46. The summed E-state index contributed by atoms with van der Waals surface area (Å²) in [6, 6.07) is -0.774. The molecule has 3 N–H and O–H groups in total. The van der Waals surface area contributed by atoms with Gasteiger partial charge in [0.05, 0.1) is 39.9 Å². The number of nitrogens with zero attached hydrogens (tertiary/aromatic N) is 1. The van der Waals surface area contributed by atoms with E-state index in [0.717, 1.165) is 96.3 Å². The highest BCUT2D eigenvalue weighted by molar-refractivity contribution is 7.47. The summed E-state index contributed by atoms with van der Waals surface area (Å²) in [5.41, 5.74) is 0. The average Bonchev–Trinajstić information content (AvgIpc) is 3.49. The van der Waals surface area contributed by atoms with Crippen LogP contribution in [0.4, 0.5) is 0 Å². The van der Waals surface area contributed by atoms with Crippen molar-refractivity contribution in [3.8, 4) is 0 Å². The smallest absolute Gasteiger partial charge is 0.391 e. The number of quaternary nitrogens is 1. The van der Waals surface area contributed by atoms with E-state index in [1.807, 2.05) is 21.1 Å². The standard InChI is InChI=1S/C76H139N2O6P/c1-6-8-10-12-14-16-18-20-22-24-26-28-30-32-34-36-38-39-40-42-44-46-48-50-52-54-56-58-60-62-64-66-68-70-76(80)77-74(73-84-85(81,82)83-72-71-78(3,4)5)75(79)69-67-65-63-61-59-57-55-53-51-49-47-45-43-41-37-35-33-31-29-27-25-23-21-19-17-15-13-11-9-7-2/h8,10,14,16,20,22,26,28,32,34,38-39,42,44,48,50,74-75,79H,6-7,9,11-13,15,17-19,21,23-25,27,29-31,33,35-37,40-41,43,45-47,49,51-73H2,1-5H3,(H-,77,80,81,82)/p+1/b10-8-,16-14-,22-20-,28-26-,34-32-,39-38-,44-42-,50-48-. The topological polar surface area (TPSA) is 105 Å². The summed E-state index contributed by atoms with van der Waals surface area (Å²) in [6.07, 6.45) is 95.1. The number of aliphatic hydroxyl groups excluding tert-OH is 1. The summed E-state index contributed by atoms with van der Waals surface area (Å²) in [4.78, 5) is 23.5. The second-order valence-electron chi connectivity index (χ2n) is 25.6. The van der Waals surface area contributed by atoms with Crippen LogP contribution in [0.5, 0.6) is 0 Å². The number of phosphoric acid groups is 1. The van der Waals surface area contributed by atoms with Gasteiger partial charge in [-0.2, -0.15) is 0 Å². The number of allylic oxidation sites excluding steroid dienone is 16. The van der Waals surface area contributed by atoms with Crippen molar-refractivity contribution in [2.24, 2.45) is 0 Å². The van der Waals surface area contributed by atoms with Gasteiger partial charge in [-0.3, -0.25) is 13.8 Å². The lowest BCUT2D eigenvalue weighted by Gasteiger charge is -2.26. The molecule has 85 heavy (non-hydrogen) atoms. The second kappa shape index (κ2) is 65.9. The molecule has 0 radical (unpaired) electrons. The molecule has 0 aliphatic heterocycles. The Balaban J connectivity index is 4.08. The summed E-state index contributed by atoms with van der Waals surface area (Å²) in [5.74, 6) is -0.152. The lowest BCUT2D eigenvalue weighted by molar-refractivity contribution is -0.870. The summed E-state index contributed by atoms with van der Waals surface area (Å²) in [7, 11) is 1.61. The number of aliphatic hydroxyl groups is 1. The van der Waals surface area contributed by atoms with Gasteiger partial charge in [0.2, 0.25) is 5.91 Å². The van der Waals surface area contributed by atoms with Gasteiger partial charge in [0, 0.05) is 6.42 Å². The molecule has 9 heteroatoms. The third-order valence-corrected chi connectivity index (χ3v) is 17.1. The summed E-state index contributed by atoms with van der Waals surface area (Å²) in [5, 5.41) is 14.2. The third-order valence-electron chi connectivity index (χ3n) is 16.1. The van der Waals surface area contributed by atoms with Crippen LogP contribution in [-0.4, -0.2) is 73.4 Å². The molecule has 0 rings (SSSR count). The second-order valence-corrected chi connectivity index (χ2v) is 27.0. The SMILES string of the molecule is CC/C=C\C/C=C\C/C=C\C/C=C\C/C=C\C/C=C\C/C=C\C/C=C\CCCCCCCCCCC(=O)NC(COP(=O)(O)OCC[N+](C)(C)C)C(O)CCCCCCCCCCCCCCCCCCCCCCCCCCCCCCCC. The highest BCUT2D eigenvalue weighted by Crippen LogP contribution is 2.43. The molecular formula is C76H140N2O6P+. The van der Waals surface area contributed by atoms with E-state index < -0.39 is 20.0 Å². The van der Waals surface area contributed by atoms with E-state index in [1.54, 1.807) is 0 Å². The Labute approximate surface area is 528 Å². The highest BCUT2D eigenvalue weighted by atomic mass is 31.2. The zero-order valence-corrected chi connectivity index (χ0v) is 57.5. The van der Waals surface area contributed by atoms with Crippen LogP contribution in [0.25, 0.3) is 0 Å². The number of carbonyl (C=O) groups is 1. The fourth-order valence-electron chi connectivity index (χ4n) is 10.5. The van der Waals surface area contributed by atoms with Gasteiger partial charge in [0.15, 0.2) is 0 Å². The van der Waals surface area contributed by atoms with Crippen LogP contribution < -0.4 is 5.32 Å². The number of carbonyl (C=O) groups excluding carboxylic acids is 1. The Hall–Kier alpha value is -2.58. The molecule has 0 spiro atoms. The monoisotopic (exact) mass is 1210 g/mol. The molecule has 0 saturated heterocycles. The van der Waals surface area contributed by atoms with Crippen LogP contribution in [0, 0.1) is 0 Å². The van der Waals surface area contributed by atoms with Crippen molar-refractivity contribution in [3.63, 3.8) is 0 Å².